The number of carbonyl (C=O) groups is 4. The van der Waals surface area contributed by atoms with Crippen LogP contribution in [0.2, 0.25) is 0 Å². The maximum atomic E-state index is 12.7. The van der Waals surface area contributed by atoms with Crippen LogP contribution in [-0.2, 0) is 37.5 Å². The SMILES string of the molecule is C.C.C.C.CC(=O)c1cccs1.CCOC(C)=O.CS(=O)c1nc(-c2cccs2)cc(C(F)(F)F)n1.FC(F)(F)c1cc(-c2cccs2)nc(=S)[nH]1.NC(N)=S.O=C(CC(=O)C(F)(F)F)c1cccs1. The van der Waals surface area contributed by atoms with Crippen molar-refractivity contribution in [2.45, 2.75) is 80.6 Å². The maximum Gasteiger partial charge on any atom is 0.450 e. The molecule has 0 saturated heterocycles. The lowest BCUT2D eigenvalue weighted by Crippen LogP contribution is -2.25. The van der Waals surface area contributed by atoms with Gasteiger partial charge in [0, 0.05) is 13.2 Å². The number of H-pyrrole nitrogens is 1. The van der Waals surface area contributed by atoms with Crippen LogP contribution in [0.3, 0.4) is 0 Å². The molecule has 70 heavy (non-hydrogen) atoms. The van der Waals surface area contributed by atoms with Crippen molar-refractivity contribution >= 4 is 109 Å². The molecule has 0 radical (unpaired) electrons. The maximum absolute atomic E-state index is 12.7. The van der Waals surface area contributed by atoms with Gasteiger partial charge in [0.25, 0.3) is 0 Å². The molecule has 12 nitrogen and oxygen atoms in total. The Labute approximate surface area is 428 Å². The smallest absolute Gasteiger partial charge is 0.450 e. The highest BCUT2D eigenvalue weighted by Crippen LogP contribution is 2.33. The van der Waals surface area contributed by atoms with E-state index in [1.807, 2.05) is 22.5 Å². The highest BCUT2D eigenvalue weighted by molar-refractivity contribution is 7.84. The lowest BCUT2D eigenvalue weighted by molar-refractivity contribution is -0.170. The van der Waals surface area contributed by atoms with Crippen LogP contribution < -0.4 is 11.5 Å². The summed E-state index contributed by atoms with van der Waals surface area (Å²) in [6.45, 7) is 5.23. The van der Waals surface area contributed by atoms with Crippen LogP contribution in [-0.4, -0.2) is 71.6 Å². The fourth-order valence-corrected chi connectivity index (χ4v) is 7.19. The number of hydrogen-bond acceptors (Lipinski definition) is 15. The second kappa shape index (κ2) is 34.2. The Bertz CT molecular complexity index is 2530. The molecule has 6 heterocycles. The van der Waals surface area contributed by atoms with Gasteiger partial charge in [0.2, 0.25) is 10.9 Å². The van der Waals surface area contributed by atoms with E-state index in [1.165, 1.54) is 59.3 Å². The molecular formula is C42H51F9N6O6S7. The number of hydrogen-bond donors (Lipinski definition) is 3. The number of thiophene rings is 4. The average Bonchev–Trinajstić information content (AvgIpc) is 4.05. The summed E-state index contributed by atoms with van der Waals surface area (Å²) in [5.74, 6) is -2.85. The summed E-state index contributed by atoms with van der Waals surface area (Å²) in [6.07, 6.45) is -13.8. The molecule has 0 aliphatic carbocycles. The summed E-state index contributed by atoms with van der Waals surface area (Å²) >= 11 is 13.8. The summed E-state index contributed by atoms with van der Waals surface area (Å²) in [5, 5.41) is 6.65. The minimum absolute atomic E-state index is 0. The van der Waals surface area contributed by atoms with Gasteiger partial charge in [-0.05, 0) is 96.2 Å². The van der Waals surface area contributed by atoms with E-state index < -0.39 is 58.7 Å². The molecule has 0 aromatic carbocycles. The molecule has 6 aromatic heterocycles. The molecular weight excluding hydrogens is 1080 g/mol. The standard InChI is InChI=1S/C10H7F3N2OS2.C9H5F3N2S2.C8H5F3O2S.C6H6OS.C4H8O2.CH4N2S.4CH4/c1-18(16)9-14-6(7-3-2-4-17-7)5-8(15-9)10(11,12)13;10-9(11,12)7-4-5(13-8(15)14-7)6-2-1-3-16-6;9-8(10,11)7(13)4-5(12)6-2-1-3-14-6;1-5(7)6-3-2-4-8-6;1-3-6-4(2)5;2-1(3)4;;;;/h2-5H,1H3;1-4H,(H,13,14,15);1-3H,4H2;2-4H,1H3;3H2,1-2H3;(H4,2,3,4);4*1H4. The van der Waals surface area contributed by atoms with E-state index in [4.69, 9.17) is 0 Å². The molecule has 0 bridgehead atoms. The number of rotatable bonds is 8. The predicted molar refractivity (Wildman–Crippen MR) is 269 cm³/mol. The summed E-state index contributed by atoms with van der Waals surface area (Å²) in [5.41, 5.74) is 7.66. The van der Waals surface area contributed by atoms with Crippen LogP contribution in [0.5, 0.6) is 0 Å². The number of carbonyl (C=O) groups excluding carboxylic acids is 4. The van der Waals surface area contributed by atoms with Crippen molar-refractivity contribution < 1.29 is 67.6 Å². The van der Waals surface area contributed by atoms with Crippen molar-refractivity contribution in [3.8, 4) is 21.1 Å². The van der Waals surface area contributed by atoms with E-state index in [2.05, 4.69) is 55.6 Å². The number of nitrogens with zero attached hydrogens (tertiary/aromatic N) is 3. The topological polar surface area (TPSA) is 201 Å². The van der Waals surface area contributed by atoms with Gasteiger partial charge >= 0.3 is 24.5 Å². The van der Waals surface area contributed by atoms with E-state index in [-0.39, 0.29) is 72.8 Å². The van der Waals surface area contributed by atoms with Crippen molar-refractivity contribution in [2.75, 3.05) is 12.9 Å². The summed E-state index contributed by atoms with van der Waals surface area (Å²) in [7, 11) is -1.66. The number of alkyl halides is 9. The number of aromatic nitrogens is 4. The molecule has 6 rings (SSSR count). The highest BCUT2D eigenvalue weighted by atomic mass is 32.2. The Hall–Kier alpha value is -5.13. The van der Waals surface area contributed by atoms with Gasteiger partial charge in [0.15, 0.2) is 21.4 Å². The van der Waals surface area contributed by atoms with Crippen LogP contribution in [0.1, 0.15) is 87.6 Å². The number of nitrogens with two attached hydrogens (primary N) is 2. The van der Waals surface area contributed by atoms with E-state index in [9.17, 15) is 62.9 Å². The van der Waals surface area contributed by atoms with Crippen molar-refractivity contribution in [1.82, 2.24) is 19.9 Å². The highest BCUT2D eigenvalue weighted by Gasteiger charge is 2.39. The number of esters is 1. The average molecular weight is 1130 g/mol. The molecule has 1 unspecified atom stereocenters. The van der Waals surface area contributed by atoms with Crippen LogP contribution in [0.4, 0.5) is 39.5 Å². The minimum Gasteiger partial charge on any atom is -0.466 e. The minimum atomic E-state index is -4.92. The molecule has 0 amide bonds. The van der Waals surface area contributed by atoms with Crippen molar-refractivity contribution in [1.29, 1.82) is 0 Å². The van der Waals surface area contributed by atoms with Gasteiger partial charge in [0.1, 0.15) is 11.4 Å². The van der Waals surface area contributed by atoms with E-state index >= 15 is 0 Å². The second-order valence-electron chi connectivity index (χ2n) is 11.7. The van der Waals surface area contributed by atoms with Gasteiger partial charge in [-0.3, -0.25) is 23.4 Å². The van der Waals surface area contributed by atoms with E-state index in [0.717, 1.165) is 28.3 Å². The fourth-order valence-electron chi connectivity index (χ4n) is 3.86. The molecule has 28 heteroatoms. The largest absolute Gasteiger partial charge is 0.466 e. The number of ketones is 3. The van der Waals surface area contributed by atoms with E-state index in [0.29, 0.717) is 16.4 Å². The number of halogens is 9. The zero-order valence-corrected chi connectivity index (χ0v) is 39.9. The first-order chi connectivity index (χ1) is 30.6. The van der Waals surface area contributed by atoms with Gasteiger partial charge < -0.3 is 21.2 Å². The third-order valence-corrected chi connectivity index (χ3v) is 11.1. The zero-order valence-electron chi connectivity index (χ0n) is 34.2. The van der Waals surface area contributed by atoms with Crippen molar-refractivity contribution in [2.24, 2.45) is 11.5 Å². The molecule has 0 aliphatic heterocycles. The molecule has 0 spiro atoms. The van der Waals surface area contributed by atoms with Crippen LogP contribution >= 0.6 is 69.8 Å². The Morgan fingerprint density at radius 1 is 0.714 bits per heavy atom. The third kappa shape index (κ3) is 28.5. The molecule has 0 saturated carbocycles. The number of aromatic amines is 1. The van der Waals surface area contributed by atoms with Gasteiger partial charge in [-0.15, -0.1) is 45.3 Å². The lowest BCUT2D eigenvalue weighted by Gasteiger charge is -2.08. The normalized spacial score (nSPS) is 10.5. The first kappa shape index (κ1) is 71.4. The summed E-state index contributed by atoms with van der Waals surface area (Å²) in [6, 6.07) is 15.2. The first-order valence-corrected chi connectivity index (χ1v) is 23.4. The molecule has 6 aromatic rings. The van der Waals surface area contributed by atoms with Crippen molar-refractivity contribution in [3.05, 3.63) is 108 Å². The zero-order chi connectivity index (χ0) is 50.4. The second-order valence-corrected chi connectivity index (χ2v) is 17.6. The Morgan fingerprint density at radius 3 is 1.47 bits per heavy atom. The fraction of sp³-hybridized carbons (Fsp3) is 0.310. The molecule has 0 aliphatic rings. The lowest BCUT2D eigenvalue weighted by atomic mass is 10.2. The summed E-state index contributed by atoms with van der Waals surface area (Å²) in [4.78, 5) is 57.1. The molecule has 390 valence electrons. The molecule has 1 atom stereocenters. The van der Waals surface area contributed by atoms with Crippen molar-refractivity contribution in [3.63, 3.8) is 0 Å². The number of nitrogens with one attached hydrogen (secondary N) is 1. The number of ether oxygens (including phenoxy) is 1. The van der Waals surface area contributed by atoms with Gasteiger partial charge in [-0.2, -0.15) is 39.5 Å². The van der Waals surface area contributed by atoms with Gasteiger partial charge in [-0.25, -0.2) is 15.0 Å². The van der Waals surface area contributed by atoms with Crippen LogP contribution in [0.15, 0.2) is 87.3 Å². The summed E-state index contributed by atoms with van der Waals surface area (Å²) < 4.78 is 126. The Balaban J connectivity index is -0.000000390. The number of Topliss-reactive ketones (excluding diaryl/α,β-unsaturated/α-hetero) is 3. The van der Waals surface area contributed by atoms with Crippen LogP contribution in [0.25, 0.3) is 21.1 Å². The number of thiocarbonyl (C=S) groups is 1. The predicted octanol–water partition coefficient (Wildman–Crippen LogP) is 13.6. The van der Waals surface area contributed by atoms with E-state index in [1.54, 1.807) is 54.3 Å². The third-order valence-electron chi connectivity index (χ3n) is 6.50. The van der Waals surface area contributed by atoms with Gasteiger partial charge in [-0.1, -0.05) is 54.0 Å². The monoisotopic (exact) mass is 1130 g/mol. The quantitative estimate of drug-likeness (QED) is 0.0325. The molecule has 0 fully saturated rings. The Morgan fingerprint density at radius 2 is 1.16 bits per heavy atom. The first-order valence-electron chi connectivity index (χ1n) is 17.5. The van der Waals surface area contributed by atoms with Gasteiger partial charge in [0.05, 0.1) is 54.7 Å². The Kier molecular flexibility index (Phi) is 34.9. The molecule has 5 N–H and O–H groups in total. The van der Waals surface area contributed by atoms with Crippen LogP contribution in [0, 0.1) is 4.77 Å².